The fourth-order valence-electron chi connectivity index (χ4n) is 0.973. The maximum atomic E-state index is 10.6. The molecule has 0 atom stereocenters. The predicted octanol–water partition coefficient (Wildman–Crippen LogP) is -1.61. The predicted molar refractivity (Wildman–Crippen MR) is 98.2 cm³/mol. The van der Waals surface area contributed by atoms with E-state index in [0.717, 1.165) is 22.1 Å². The third-order valence-corrected chi connectivity index (χ3v) is 3.22. The number of rotatable bonds is 8. The zero-order chi connectivity index (χ0) is 21.6. The first-order valence-corrected chi connectivity index (χ1v) is 9.84. The Morgan fingerprint density at radius 2 is 1.35 bits per heavy atom. The third-order valence-electron chi connectivity index (χ3n) is 2.49. The van der Waals surface area contributed by atoms with Crippen molar-refractivity contribution in [3.05, 3.63) is 12.2 Å². The van der Waals surface area contributed by atoms with Gasteiger partial charge < -0.3 is 38.3 Å². The molecule has 2 N–H and O–H groups in total. The summed E-state index contributed by atoms with van der Waals surface area (Å²) in [7, 11) is 7.75. The Bertz CT molecular complexity index is 421. The highest BCUT2D eigenvalue weighted by molar-refractivity contribution is 7.48. The molecule has 0 aromatic carbocycles. The van der Waals surface area contributed by atoms with Crippen molar-refractivity contribution in [3.8, 4) is 0 Å². The zero-order valence-corrected chi connectivity index (χ0v) is 18.1. The van der Waals surface area contributed by atoms with Gasteiger partial charge in [-0.2, -0.15) is 0 Å². The van der Waals surface area contributed by atoms with E-state index in [4.69, 9.17) is 10.2 Å². The van der Waals surface area contributed by atoms with E-state index >= 15 is 0 Å². The van der Waals surface area contributed by atoms with E-state index in [9.17, 15) is 19.1 Å². The molecule has 0 aromatic heterocycles. The van der Waals surface area contributed by atoms with Crippen LogP contribution < -0.4 is 9.79 Å². The number of esters is 1. The van der Waals surface area contributed by atoms with Crippen LogP contribution in [0.4, 0.5) is 0 Å². The van der Waals surface area contributed by atoms with Gasteiger partial charge in [0.05, 0.1) is 62.1 Å². The van der Waals surface area contributed by atoms with Crippen molar-refractivity contribution in [1.29, 1.82) is 0 Å². The van der Waals surface area contributed by atoms with Crippen LogP contribution in [0.1, 0.15) is 6.92 Å². The molecule has 0 unspecified atom stereocenters. The number of aliphatic hydroxyl groups excluding tert-OH is 2. The van der Waals surface area contributed by atoms with Crippen molar-refractivity contribution >= 4 is 13.6 Å². The molecule has 0 spiro atoms. The van der Waals surface area contributed by atoms with E-state index in [2.05, 4.69) is 53.6 Å². The van der Waals surface area contributed by atoms with Gasteiger partial charge >= 0.3 is 5.97 Å². The summed E-state index contributed by atoms with van der Waals surface area (Å²) in [4.78, 5) is 30.7. The molecule has 9 nitrogen and oxygen atoms in total. The number of nitrogens with zero attached hydrogens (tertiary/aromatic N) is 2. The van der Waals surface area contributed by atoms with Crippen LogP contribution in [0.3, 0.4) is 0 Å². The largest absolute Gasteiger partial charge is 0.811 e. The number of likely N-dealkylation sites (N-methyl/N-ethyl adjacent to an activating group) is 2. The average molecular weight is 400 g/mol. The minimum absolute atomic E-state index is 0.168. The summed E-state index contributed by atoms with van der Waals surface area (Å²) in [5.41, 5.74) is 0.168. The number of ether oxygens (including phenoxy) is 1. The Hall–Kier alpha value is -0.800. The second-order valence-electron chi connectivity index (χ2n) is 7.73. The lowest BCUT2D eigenvalue weighted by Gasteiger charge is -2.28. The van der Waals surface area contributed by atoms with Crippen LogP contribution in [0.15, 0.2) is 12.2 Å². The molecule has 26 heavy (non-hydrogen) atoms. The van der Waals surface area contributed by atoms with Crippen LogP contribution in [0.5, 0.6) is 0 Å². The smallest absolute Gasteiger partial charge is 0.333 e. The van der Waals surface area contributed by atoms with E-state index in [-0.39, 0.29) is 18.8 Å². The molecular formula is C16H37N2O7P. The van der Waals surface area contributed by atoms with Crippen LogP contribution in [-0.2, 0) is 14.1 Å². The monoisotopic (exact) mass is 400 g/mol. The Morgan fingerprint density at radius 3 is 1.50 bits per heavy atom. The lowest BCUT2D eigenvalue weighted by molar-refractivity contribution is -0.870. The van der Waals surface area contributed by atoms with Crippen molar-refractivity contribution in [2.45, 2.75) is 6.92 Å². The molecule has 10 heteroatoms. The fourth-order valence-corrected chi connectivity index (χ4v) is 1.29. The van der Waals surface area contributed by atoms with Gasteiger partial charge in [-0.15, -0.1) is 0 Å². The average Bonchev–Trinajstić information content (AvgIpc) is 2.35. The summed E-state index contributed by atoms with van der Waals surface area (Å²) >= 11 is 0. The van der Waals surface area contributed by atoms with Gasteiger partial charge in [0.1, 0.15) is 13.1 Å². The quantitative estimate of drug-likeness (QED) is 0.217. The summed E-state index contributed by atoms with van der Waals surface area (Å²) in [6, 6.07) is 0. The standard InChI is InChI=1S/C6H11O5P.2C5H14NO/c1-5(2)6(7)11-3-4-12(8,9)10;2*1-6(2,3)4-5-7/h1,3-4H2,2H3,(H2,8,9,10);2*7H,4-5H2,1-3H3/q;2*+1/p-2. The number of hydrogen-bond acceptors (Lipinski definition) is 7. The van der Waals surface area contributed by atoms with Crippen LogP contribution in [0.2, 0.25) is 0 Å². The van der Waals surface area contributed by atoms with Gasteiger partial charge in [0, 0.05) is 11.7 Å². The van der Waals surface area contributed by atoms with Crippen LogP contribution in [-0.4, -0.2) is 107 Å². The highest BCUT2D eigenvalue weighted by atomic mass is 31.2. The zero-order valence-electron chi connectivity index (χ0n) is 17.2. The number of quaternary nitrogens is 2. The van der Waals surface area contributed by atoms with Gasteiger partial charge in [0.15, 0.2) is 0 Å². The normalized spacial score (nSPS) is 11.5. The third kappa shape index (κ3) is 34.5. The van der Waals surface area contributed by atoms with Gasteiger partial charge in [0.2, 0.25) is 0 Å². The Labute approximate surface area is 157 Å². The summed E-state index contributed by atoms with van der Waals surface area (Å²) in [5, 5.41) is 16.8. The number of carbonyl (C=O) groups excluding carboxylic acids is 1. The van der Waals surface area contributed by atoms with Crippen molar-refractivity contribution in [2.75, 3.05) is 81.4 Å². The topological polar surface area (TPSA) is 130 Å². The molecule has 0 aromatic rings. The molecule has 0 heterocycles. The second kappa shape index (κ2) is 14.3. The summed E-state index contributed by atoms with van der Waals surface area (Å²) in [6.07, 6.45) is -0.675. The molecule has 0 bridgehead atoms. The molecule has 0 rings (SSSR count). The summed E-state index contributed by atoms with van der Waals surface area (Å²) in [5.74, 6) is -0.691. The van der Waals surface area contributed by atoms with Crippen LogP contribution in [0, 0.1) is 0 Å². The van der Waals surface area contributed by atoms with Crippen LogP contribution >= 0.6 is 7.60 Å². The Morgan fingerprint density at radius 1 is 1.00 bits per heavy atom. The fraction of sp³-hybridized carbons (Fsp3) is 0.812. The first-order valence-electron chi connectivity index (χ1n) is 8.11. The highest BCUT2D eigenvalue weighted by Crippen LogP contribution is 2.21. The van der Waals surface area contributed by atoms with Gasteiger partial charge in [-0.25, -0.2) is 4.79 Å². The lowest BCUT2D eigenvalue weighted by Crippen LogP contribution is -2.36. The molecule has 0 fully saturated rings. The summed E-state index contributed by atoms with van der Waals surface area (Å²) in [6.45, 7) is 6.52. The van der Waals surface area contributed by atoms with E-state index in [0.29, 0.717) is 0 Å². The number of aliphatic hydroxyl groups is 2. The SMILES string of the molecule is C=C(C)C(=O)OCCP(=O)([O-])[O-].C[N+](C)(C)CCO.C[N+](C)(C)CCO. The molecule has 0 aliphatic rings. The lowest BCUT2D eigenvalue weighted by atomic mass is 10.4. The second-order valence-corrected chi connectivity index (χ2v) is 9.39. The Balaban J connectivity index is -0.000000326. The Kier molecular flexibility index (Phi) is 16.4. The highest BCUT2D eigenvalue weighted by Gasteiger charge is 2.03. The molecule has 0 amide bonds. The van der Waals surface area contributed by atoms with Gasteiger partial charge in [-0.1, -0.05) is 14.2 Å². The summed E-state index contributed by atoms with van der Waals surface area (Å²) < 4.78 is 16.1. The molecule has 0 radical (unpaired) electrons. The molecular weight excluding hydrogens is 363 g/mol. The van der Waals surface area contributed by atoms with Crippen molar-refractivity contribution in [2.24, 2.45) is 0 Å². The number of carbonyl (C=O) groups is 1. The van der Waals surface area contributed by atoms with Crippen molar-refractivity contribution < 1.29 is 43.1 Å². The van der Waals surface area contributed by atoms with E-state index in [1.165, 1.54) is 6.92 Å². The molecule has 0 aliphatic heterocycles. The van der Waals surface area contributed by atoms with Crippen LogP contribution in [0.25, 0.3) is 0 Å². The number of hydrogen-bond donors (Lipinski definition) is 2. The maximum absolute atomic E-state index is 10.6. The van der Waals surface area contributed by atoms with Crippen molar-refractivity contribution in [3.63, 3.8) is 0 Å². The van der Waals surface area contributed by atoms with E-state index < -0.39 is 26.3 Å². The van der Waals surface area contributed by atoms with Gasteiger partial charge in [-0.3, -0.25) is 0 Å². The van der Waals surface area contributed by atoms with Gasteiger partial charge in [0.25, 0.3) is 0 Å². The van der Waals surface area contributed by atoms with Crippen molar-refractivity contribution in [1.82, 2.24) is 0 Å². The minimum atomic E-state index is -4.56. The van der Waals surface area contributed by atoms with E-state index in [1.54, 1.807) is 0 Å². The molecule has 158 valence electrons. The van der Waals surface area contributed by atoms with E-state index in [1.807, 2.05) is 0 Å². The first kappa shape index (κ1) is 29.9. The minimum Gasteiger partial charge on any atom is -0.811 e. The molecule has 0 aliphatic carbocycles. The maximum Gasteiger partial charge on any atom is 0.333 e. The molecule has 0 saturated heterocycles. The van der Waals surface area contributed by atoms with Gasteiger partial charge in [-0.05, 0) is 6.92 Å². The first-order chi connectivity index (χ1) is 11.4. The molecule has 0 saturated carbocycles.